The Balaban J connectivity index is 1.51. The lowest BCUT2D eigenvalue weighted by atomic mass is 10.1. The number of benzene rings is 1. The second-order valence-corrected chi connectivity index (χ2v) is 8.36. The van der Waals surface area contributed by atoms with Crippen molar-refractivity contribution in [3.8, 4) is 6.07 Å². The average Bonchev–Trinajstić information content (AvgIpc) is 3.25. The minimum absolute atomic E-state index is 0.231. The van der Waals surface area contributed by atoms with E-state index < -0.39 is 5.91 Å². The molecule has 2 amide bonds. The van der Waals surface area contributed by atoms with Crippen LogP contribution in [0.15, 0.2) is 36.5 Å². The third kappa shape index (κ3) is 6.23. The third-order valence-electron chi connectivity index (χ3n) is 5.87. The Bertz CT molecular complexity index is 1260. The van der Waals surface area contributed by atoms with Crippen molar-refractivity contribution < 1.29 is 19.1 Å². The number of rotatable bonds is 10. The molecule has 11 heteroatoms. The van der Waals surface area contributed by atoms with Crippen molar-refractivity contribution in [3.05, 3.63) is 53.2 Å². The molecule has 0 aliphatic carbocycles. The highest BCUT2D eigenvalue weighted by Gasteiger charge is 2.18. The van der Waals surface area contributed by atoms with E-state index in [-0.39, 0.29) is 5.91 Å². The first kappa shape index (κ1) is 25.2. The van der Waals surface area contributed by atoms with Gasteiger partial charge >= 0.3 is 0 Å². The molecule has 2 aromatic heterocycles. The predicted octanol–water partition coefficient (Wildman–Crippen LogP) is 1.65. The van der Waals surface area contributed by atoms with Gasteiger partial charge in [-0.1, -0.05) is 6.07 Å². The van der Waals surface area contributed by atoms with E-state index in [1.54, 1.807) is 35.9 Å². The van der Waals surface area contributed by atoms with E-state index in [1.807, 2.05) is 6.07 Å². The molecule has 3 aromatic rings. The number of ether oxygens (including phenoxy) is 2. The summed E-state index contributed by atoms with van der Waals surface area (Å²) < 4.78 is 12.3. The molecule has 1 fully saturated rings. The van der Waals surface area contributed by atoms with Gasteiger partial charge in [0.2, 0.25) is 5.95 Å². The van der Waals surface area contributed by atoms with Crippen LogP contribution < -0.4 is 10.6 Å². The van der Waals surface area contributed by atoms with Crippen LogP contribution in [0.25, 0.3) is 11.2 Å². The van der Waals surface area contributed by atoms with Gasteiger partial charge in [-0.15, -0.1) is 0 Å². The van der Waals surface area contributed by atoms with Crippen LogP contribution in [0.1, 0.15) is 32.7 Å². The Hall–Kier alpha value is -3.85. The lowest BCUT2D eigenvalue weighted by Gasteiger charge is -2.26. The maximum atomic E-state index is 12.9. The summed E-state index contributed by atoms with van der Waals surface area (Å²) in [5.41, 5.74) is 2.18. The SMILES string of the molecule is COCCCn1c(NC(=O)c2cccc(C#N)c2)nc2cc(C(=O)NCCN3CCOCC3)cnc21. The summed E-state index contributed by atoms with van der Waals surface area (Å²) in [4.78, 5) is 36.9. The number of hydrogen-bond acceptors (Lipinski definition) is 8. The van der Waals surface area contributed by atoms with Gasteiger partial charge in [-0.05, 0) is 30.7 Å². The van der Waals surface area contributed by atoms with Gasteiger partial charge in [-0.3, -0.25) is 24.4 Å². The number of carbonyl (C=O) groups is 2. The van der Waals surface area contributed by atoms with Gasteiger partial charge in [-0.2, -0.15) is 5.26 Å². The zero-order valence-corrected chi connectivity index (χ0v) is 20.2. The van der Waals surface area contributed by atoms with Crippen molar-refractivity contribution in [2.75, 3.05) is 58.4 Å². The van der Waals surface area contributed by atoms with Gasteiger partial charge in [0.1, 0.15) is 5.52 Å². The molecule has 1 saturated heterocycles. The molecule has 3 heterocycles. The van der Waals surface area contributed by atoms with Gasteiger partial charge in [0, 0.05) is 58.2 Å². The molecule has 188 valence electrons. The number of morpholine rings is 1. The number of pyridine rings is 1. The first-order valence-electron chi connectivity index (χ1n) is 11.8. The molecule has 4 rings (SSSR count). The van der Waals surface area contributed by atoms with Gasteiger partial charge in [0.15, 0.2) is 5.65 Å². The molecule has 11 nitrogen and oxygen atoms in total. The van der Waals surface area contributed by atoms with E-state index in [0.717, 1.165) is 19.6 Å². The quantitative estimate of drug-likeness (QED) is 0.409. The van der Waals surface area contributed by atoms with E-state index >= 15 is 0 Å². The fourth-order valence-corrected chi connectivity index (χ4v) is 3.97. The number of nitrogens with one attached hydrogen (secondary N) is 2. The van der Waals surface area contributed by atoms with Gasteiger partial charge in [-0.25, -0.2) is 9.97 Å². The van der Waals surface area contributed by atoms with Gasteiger partial charge < -0.3 is 14.8 Å². The maximum Gasteiger partial charge on any atom is 0.258 e. The Kier molecular flexibility index (Phi) is 8.57. The molecule has 1 aliphatic heterocycles. The number of aromatic nitrogens is 3. The van der Waals surface area contributed by atoms with Crippen molar-refractivity contribution in [1.82, 2.24) is 24.8 Å². The van der Waals surface area contributed by atoms with E-state index in [2.05, 4.69) is 25.5 Å². The molecular weight excluding hydrogens is 462 g/mol. The smallest absolute Gasteiger partial charge is 0.258 e. The number of carbonyl (C=O) groups excluding carboxylic acids is 2. The average molecular weight is 492 g/mol. The number of fused-ring (bicyclic) bond motifs is 1. The Labute approximate surface area is 209 Å². The minimum atomic E-state index is -0.392. The predicted molar refractivity (Wildman–Crippen MR) is 133 cm³/mol. The lowest BCUT2D eigenvalue weighted by Crippen LogP contribution is -2.41. The van der Waals surface area contributed by atoms with Crippen molar-refractivity contribution in [2.24, 2.45) is 0 Å². The number of nitrogens with zero attached hydrogens (tertiary/aromatic N) is 5. The largest absolute Gasteiger partial charge is 0.385 e. The standard InChI is InChI=1S/C25H29N7O4/c1-35-11-3-7-32-22-21(29-25(32)30-24(34)19-5-2-4-18(14-19)16-26)15-20(17-28-22)23(33)27-6-8-31-9-12-36-13-10-31/h2,4-5,14-15,17H,3,6-13H2,1H3,(H,27,33)(H,29,30,34). The Morgan fingerprint density at radius 1 is 1.17 bits per heavy atom. The molecule has 0 spiro atoms. The number of methoxy groups -OCH3 is 1. The van der Waals surface area contributed by atoms with E-state index in [1.165, 1.54) is 12.3 Å². The molecule has 0 bridgehead atoms. The summed E-state index contributed by atoms with van der Waals surface area (Å²) in [7, 11) is 1.62. The first-order valence-corrected chi connectivity index (χ1v) is 11.8. The van der Waals surface area contributed by atoms with Crippen LogP contribution in [0.4, 0.5) is 5.95 Å². The molecule has 0 saturated carbocycles. The summed E-state index contributed by atoms with van der Waals surface area (Å²) in [5.74, 6) is -0.312. The zero-order chi connectivity index (χ0) is 25.3. The number of anilines is 1. The van der Waals surface area contributed by atoms with E-state index in [4.69, 9.17) is 14.7 Å². The van der Waals surface area contributed by atoms with Crippen molar-refractivity contribution in [2.45, 2.75) is 13.0 Å². The number of nitriles is 1. The topological polar surface area (TPSA) is 134 Å². The van der Waals surface area contributed by atoms with E-state index in [0.29, 0.717) is 73.1 Å². The number of aryl methyl sites for hydroxylation is 1. The fourth-order valence-electron chi connectivity index (χ4n) is 3.97. The highest BCUT2D eigenvalue weighted by atomic mass is 16.5. The first-order chi connectivity index (χ1) is 17.6. The highest BCUT2D eigenvalue weighted by molar-refractivity contribution is 6.04. The summed E-state index contributed by atoms with van der Waals surface area (Å²) in [6.07, 6.45) is 2.20. The number of hydrogen-bond donors (Lipinski definition) is 2. The van der Waals surface area contributed by atoms with Crippen LogP contribution in [-0.2, 0) is 16.0 Å². The normalized spacial score (nSPS) is 13.9. The second kappa shape index (κ2) is 12.2. The summed E-state index contributed by atoms with van der Waals surface area (Å²) in [6, 6.07) is 10.1. The molecule has 0 radical (unpaired) electrons. The van der Waals surface area contributed by atoms with Crippen molar-refractivity contribution >= 4 is 28.9 Å². The van der Waals surface area contributed by atoms with E-state index in [9.17, 15) is 9.59 Å². The zero-order valence-electron chi connectivity index (χ0n) is 20.2. The molecule has 2 N–H and O–H groups in total. The molecule has 0 atom stereocenters. The molecule has 1 aromatic carbocycles. The molecule has 1 aliphatic rings. The third-order valence-corrected chi connectivity index (χ3v) is 5.87. The van der Waals surface area contributed by atoms with Crippen LogP contribution in [-0.4, -0.2) is 84.4 Å². The van der Waals surface area contributed by atoms with Crippen molar-refractivity contribution in [1.29, 1.82) is 5.26 Å². The second-order valence-electron chi connectivity index (χ2n) is 8.36. The van der Waals surface area contributed by atoms with Gasteiger partial charge in [0.25, 0.3) is 11.8 Å². The molecule has 36 heavy (non-hydrogen) atoms. The highest BCUT2D eigenvalue weighted by Crippen LogP contribution is 2.21. The van der Waals surface area contributed by atoms with Crippen LogP contribution >= 0.6 is 0 Å². The Morgan fingerprint density at radius 3 is 2.78 bits per heavy atom. The fraction of sp³-hybridized carbons (Fsp3) is 0.400. The number of amides is 2. The number of imidazole rings is 1. The van der Waals surface area contributed by atoms with Gasteiger partial charge in [0.05, 0.1) is 30.4 Å². The lowest BCUT2D eigenvalue weighted by molar-refractivity contribution is 0.0383. The Morgan fingerprint density at radius 2 is 2.00 bits per heavy atom. The maximum absolute atomic E-state index is 12.9. The summed E-state index contributed by atoms with van der Waals surface area (Å²) in [5, 5.41) is 14.9. The summed E-state index contributed by atoms with van der Waals surface area (Å²) >= 11 is 0. The summed E-state index contributed by atoms with van der Waals surface area (Å²) in [6.45, 7) is 5.46. The monoisotopic (exact) mass is 491 g/mol. The van der Waals surface area contributed by atoms with Crippen LogP contribution in [0.3, 0.4) is 0 Å². The molecule has 0 unspecified atom stereocenters. The van der Waals surface area contributed by atoms with Crippen LogP contribution in [0.2, 0.25) is 0 Å². The molecular formula is C25H29N7O4. The van der Waals surface area contributed by atoms with Crippen LogP contribution in [0, 0.1) is 11.3 Å². The van der Waals surface area contributed by atoms with Crippen molar-refractivity contribution in [3.63, 3.8) is 0 Å². The van der Waals surface area contributed by atoms with Crippen LogP contribution in [0.5, 0.6) is 0 Å². The minimum Gasteiger partial charge on any atom is -0.385 e.